The van der Waals surface area contributed by atoms with Crippen LogP contribution in [0.15, 0.2) is 23.4 Å². The Morgan fingerprint density at radius 2 is 1.88 bits per heavy atom. The Morgan fingerprint density at radius 1 is 1.24 bits per heavy atom. The van der Waals surface area contributed by atoms with Crippen LogP contribution in [-0.4, -0.2) is 33.8 Å². The highest BCUT2D eigenvalue weighted by atomic mass is 32.2. The monoisotopic (exact) mass is 278 g/mol. The molecule has 0 aliphatic heterocycles. The van der Waals surface area contributed by atoms with E-state index in [0.717, 1.165) is 6.26 Å². The molecular formula is C9H14N2O4S2. The van der Waals surface area contributed by atoms with E-state index in [4.69, 9.17) is 0 Å². The first-order valence-corrected chi connectivity index (χ1v) is 8.45. The van der Waals surface area contributed by atoms with Gasteiger partial charge < -0.3 is 0 Å². The molecular weight excluding hydrogens is 264 g/mol. The summed E-state index contributed by atoms with van der Waals surface area (Å²) in [5.74, 6) is 0.0147. The second-order valence-electron chi connectivity index (χ2n) is 3.58. The molecule has 0 spiro atoms. The third-order valence-corrected chi connectivity index (χ3v) is 4.36. The number of anilines is 1. The van der Waals surface area contributed by atoms with Crippen LogP contribution >= 0.6 is 0 Å². The van der Waals surface area contributed by atoms with E-state index in [1.54, 1.807) is 6.92 Å². The van der Waals surface area contributed by atoms with Gasteiger partial charge in [-0.05, 0) is 18.6 Å². The minimum absolute atomic E-state index is 0.0147. The molecule has 6 nitrogen and oxygen atoms in total. The summed E-state index contributed by atoms with van der Waals surface area (Å²) in [6, 6.07) is 2.63. The molecule has 17 heavy (non-hydrogen) atoms. The molecule has 0 aromatic carbocycles. The molecule has 8 heteroatoms. The number of sulfone groups is 1. The van der Waals surface area contributed by atoms with Gasteiger partial charge in [0.1, 0.15) is 0 Å². The van der Waals surface area contributed by atoms with Crippen LogP contribution in [0.4, 0.5) is 5.69 Å². The molecule has 0 atom stereocenters. The van der Waals surface area contributed by atoms with Crippen molar-refractivity contribution < 1.29 is 16.8 Å². The lowest BCUT2D eigenvalue weighted by molar-refractivity contribution is 0.598. The van der Waals surface area contributed by atoms with Crippen LogP contribution in [0.3, 0.4) is 0 Å². The van der Waals surface area contributed by atoms with E-state index < -0.39 is 19.9 Å². The maximum atomic E-state index is 11.4. The number of nitrogens with zero attached hydrogens (tertiary/aromatic N) is 1. The minimum Gasteiger partial charge on any atom is -0.282 e. The third kappa shape index (κ3) is 4.31. The molecule has 0 saturated carbocycles. The van der Waals surface area contributed by atoms with Crippen molar-refractivity contribution in [2.24, 2.45) is 0 Å². The topological polar surface area (TPSA) is 93.2 Å². The molecule has 0 aliphatic carbocycles. The fraction of sp³-hybridized carbons (Fsp3) is 0.444. The highest BCUT2D eigenvalue weighted by Crippen LogP contribution is 2.12. The summed E-state index contributed by atoms with van der Waals surface area (Å²) in [5, 5.41) is -0.0871. The Balaban J connectivity index is 2.90. The molecule has 1 heterocycles. The lowest BCUT2D eigenvalue weighted by Crippen LogP contribution is -2.16. The highest BCUT2D eigenvalue weighted by Gasteiger charge is 2.11. The molecule has 1 N–H and O–H groups in total. The van der Waals surface area contributed by atoms with Crippen LogP contribution < -0.4 is 4.72 Å². The Kier molecular flexibility index (Phi) is 4.10. The smallest absolute Gasteiger partial charge is 0.232 e. The predicted octanol–water partition coefficient (Wildman–Crippen LogP) is 0.637. The van der Waals surface area contributed by atoms with Crippen molar-refractivity contribution in [3.05, 3.63) is 18.3 Å². The molecule has 0 radical (unpaired) electrons. The second kappa shape index (κ2) is 5.01. The van der Waals surface area contributed by atoms with E-state index in [1.165, 1.54) is 18.3 Å². The number of hydrogen-bond acceptors (Lipinski definition) is 5. The van der Waals surface area contributed by atoms with Gasteiger partial charge in [-0.3, -0.25) is 4.72 Å². The van der Waals surface area contributed by atoms with Crippen molar-refractivity contribution in [2.45, 2.75) is 18.4 Å². The molecule has 96 valence electrons. The van der Waals surface area contributed by atoms with Crippen molar-refractivity contribution >= 4 is 25.5 Å². The quantitative estimate of drug-likeness (QED) is 0.853. The first kappa shape index (κ1) is 13.9. The second-order valence-corrected chi connectivity index (χ2v) is 7.38. The van der Waals surface area contributed by atoms with Crippen LogP contribution in [0.25, 0.3) is 0 Å². The Labute approximate surface area is 101 Å². The van der Waals surface area contributed by atoms with Crippen molar-refractivity contribution in [3.8, 4) is 0 Å². The first-order valence-electron chi connectivity index (χ1n) is 4.91. The lowest BCUT2D eigenvalue weighted by atomic mass is 10.4. The number of pyridine rings is 1. The van der Waals surface area contributed by atoms with Crippen LogP contribution in [0.5, 0.6) is 0 Å². The van der Waals surface area contributed by atoms with Crippen molar-refractivity contribution in [1.82, 2.24) is 4.98 Å². The molecule has 0 aliphatic rings. The van der Waals surface area contributed by atoms with Gasteiger partial charge in [0.15, 0.2) is 14.9 Å². The fourth-order valence-electron chi connectivity index (χ4n) is 1.16. The van der Waals surface area contributed by atoms with E-state index in [2.05, 4.69) is 9.71 Å². The van der Waals surface area contributed by atoms with Gasteiger partial charge in [-0.1, -0.05) is 6.92 Å². The Bertz CT molecular complexity index is 576. The zero-order valence-electron chi connectivity index (χ0n) is 9.54. The van der Waals surface area contributed by atoms with Crippen LogP contribution in [0.1, 0.15) is 13.3 Å². The summed E-state index contributed by atoms with van der Waals surface area (Å²) >= 11 is 0. The Morgan fingerprint density at radius 3 is 2.29 bits per heavy atom. The third-order valence-electron chi connectivity index (χ3n) is 1.86. The molecule has 0 saturated heterocycles. The largest absolute Gasteiger partial charge is 0.282 e. The lowest BCUT2D eigenvalue weighted by Gasteiger charge is -2.06. The van der Waals surface area contributed by atoms with Crippen molar-refractivity contribution in [2.75, 3.05) is 16.7 Å². The first-order chi connectivity index (χ1) is 7.74. The normalized spacial score (nSPS) is 12.4. The summed E-state index contributed by atoms with van der Waals surface area (Å²) in [7, 11) is -6.73. The maximum absolute atomic E-state index is 11.4. The van der Waals surface area contributed by atoms with Crippen molar-refractivity contribution in [1.29, 1.82) is 0 Å². The summed E-state index contributed by atoms with van der Waals surface area (Å²) in [5.41, 5.74) is 0.255. The number of hydrogen-bond donors (Lipinski definition) is 1. The van der Waals surface area contributed by atoms with Crippen LogP contribution in [0.2, 0.25) is 0 Å². The number of rotatable bonds is 5. The molecule has 0 fully saturated rings. The highest BCUT2D eigenvalue weighted by molar-refractivity contribution is 7.92. The molecule has 1 rings (SSSR count). The van der Waals surface area contributed by atoms with Gasteiger partial charge in [-0.25, -0.2) is 21.8 Å². The summed E-state index contributed by atoms with van der Waals surface area (Å²) in [6.07, 6.45) is 2.73. The van der Waals surface area contributed by atoms with E-state index >= 15 is 0 Å². The molecule has 1 aromatic rings. The van der Waals surface area contributed by atoms with Crippen molar-refractivity contribution in [3.63, 3.8) is 0 Å². The van der Waals surface area contributed by atoms with Gasteiger partial charge in [0.2, 0.25) is 10.0 Å². The van der Waals surface area contributed by atoms with Crippen LogP contribution in [0, 0.1) is 0 Å². The van der Waals surface area contributed by atoms with E-state index in [0.29, 0.717) is 6.42 Å². The van der Waals surface area contributed by atoms with Gasteiger partial charge in [-0.2, -0.15) is 0 Å². The minimum atomic E-state index is -3.37. The molecule has 0 bridgehead atoms. The summed E-state index contributed by atoms with van der Waals surface area (Å²) in [4.78, 5) is 3.68. The van der Waals surface area contributed by atoms with Gasteiger partial charge in [0.05, 0.1) is 17.6 Å². The number of aromatic nitrogens is 1. The standard InChI is InChI=1S/C9H14N2O4S2/c1-3-6-17(14,15)11-8-4-5-9(10-7-8)16(2,12)13/h4-5,7,11H,3,6H2,1-2H3. The summed E-state index contributed by atoms with van der Waals surface area (Å²) in [6.45, 7) is 1.75. The van der Waals surface area contributed by atoms with Gasteiger partial charge in [0, 0.05) is 6.26 Å². The fourth-order valence-corrected chi connectivity index (χ4v) is 2.84. The van der Waals surface area contributed by atoms with Gasteiger partial charge >= 0.3 is 0 Å². The number of sulfonamides is 1. The summed E-state index contributed by atoms with van der Waals surface area (Å²) < 4.78 is 47.4. The SMILES string of the molecule is CCCS(=O)(=O)Nc1ccc(S(C)(=O)=O)nc1. The molecule has 0 unspecified atom stereocenters. The van der Waals surface area contributed by atoms with Crippen LogP contribution in [-0.2, 0) is 19.9 Å². The van der Waals surface area contributed by atoms with E-state index in [9.17, 15) is 16.8 Å². The Hall–Kier alpha value is -1.15. The molecule has 0 amide bonds. The van der Waals surface area contributed by atoms with Gasteiger partial charge in [-0.15, -0.1) is 0 Å². The number of nitrogens with one attached hydrogen (secondary N) is 1. The zero-order valence-corrected chi connectivity index (χ0v) is 11.2. The predicted molar refractivity (Wildman–Crippen MR) is 65.0 cm³/mol. The van der Waals surface area contributed by atoms with Gasteiger partial charge in [0.25, 0.3) is 0 Å². The average Bonchev–Trinajstić information content (AvgIpc) is 2.16. The van der Waals surface area contributed by atoms with E-state index in [-0.39, 0.29) is 16.5 Å². The average molecular weight is 278 g/mol. The molecule has 1 aromatic heterocycles. The van der Waals surface area contributed by atoms with E-state index in [1.807, 2.05) is 0 Å². The maximum Gasteiger partial charge on any atom is 0.232 e. The zero-order chi connectivity index (χ0) is 13.1.